The van der Waals surface area contributed by atoms with E-state index in [-0.39, 0.29) is 0 Å². The Kier molecular flexibility index (Phi) is 2.07. The minimum atomic E-state index is 0.796. The van der Waals surface area contributed by atoms with E-state index >= 15 is 0 Å². The Morgan fingerprint density at radius 1 is 1.25 bits per heavy atom. The Balaban J connectivity index is 2.84. The van der Waals surface area contributed by atoms with E-state index in [1.165, 1.54) is 0 Å². The molecule has 0 unspecified atom stereocenters. The molecule has 0 N–H and O–H groups in total. The van der Waals surface area contributed by atoms with Gasteiger partial charge in [-0.2, -0.15) is 0 Å². The quantitative estimate of drug-likeness (QED) is 0.550. The molecular formula is C9H6BrNS. The lowest BCUT2D eigenvalue weighted by atomic mass is 10.2. The molecule has 0 saturated carbocycles. The number of para-hydroxylation sites is 1. The predicted octanol–water partition coefficient (Wildman–Crippen LogP) is 3.29. The van der Waals surface area contributed by atoms with Crippen LogP contribution < -0.4 is 0 Å². The van der Waals surface area contributed by atoms with Gasteiger partial charge in [0.2, 0.25) is 0 Å². The zero-order valence-electron chi connectivity index (χ0n) is 6.16. The summed E-state index contributed by atoms with van der Waals surface area (Å²) in [5, 5.41) is 1.12. The van der Waals surface area contributed by atoms with Crippen LogP contribution in [0.15, 0.2) is 39.8 Å². The van der Waals surface area contributed by atoms with Gasteiger partial charge in [0.25, 0.3) is 0 Å². The summed E-state index contributed by atoms with van der Waals surface area (Å²) in [6.45, 7) is 0. The Morgan fingerprint density at radius 2 is 2.00 bits per heavy atom. The minimum absolute atomic E-state index is 0.796. The number of thiol groups is 1. The van der Waals surface area contributed by atoms with Crippen LogP contribution in [0.2, 0.25) is 0 Å². The summed E-state index contributed by atoms with van der Waals surface area (Å²) < 4.78 is 0.796. The first-order valence-corrected chi connectivity index (χ1v) is 4.75. The van der Waals surface area contributed by atoms with Crippen molar-refractivity contribution >= 4 is 39.5 Å². The van der Waals surface area contributed by atoms with Gasteiger partial charge in [-0.25, -0.2) is 4.98 Å². The Hall–Kier alpha value is -0.540. The number of pyridine rings is 1. The van der Waals surface area contributed by atoms with E-state index < -0.39 is 0 Å². The van der Waals surface area contributed by atoms with Crippen LogP contribution in [0.5, 0.6) is 0 Å². The van der Waals surface area contributed by atoms with E-state index in [0.717, 1.165) is 20.4 Å². The second-order valence-corrected chi connectivity index (χ2v) is 3.72. The fourth-order valence-corrected chi connectivity index (χ4v) is 1.58. The number of hydrogen-bond donors (Lipinski definition) is 1. The van der Waals surface area contributed by atoms with Crippen molar-refractivity contribution in [3.05, 3.63) is 34.9 Å². The van der Waals surface area contributed by atoms with Crippen LogP contribution in [0.25, 0.3) is 10.9 Å². The molecule has 60 valence electrons. The van der Waals surface area contributed by atoms with Gasteiger partial charge in [-0.3, -0.25) is 0 Å². The average Bonchev–Trinajstić information content (AvgIpc) is 2.07. The van der Waals surface area contributed by atoms with Crippen LogP contribution in [-0.4, -0.2) is 4.98 Å². The highest BCUT2D eigenvalue weighted by atomic mass is 79.9. The van der Waals surface area contributed by atoms with Gasteiger partial charge in [-0.1, -0.05) is 18.2 Å². The third-order valence-electron chi connectivity index (χ3n) is 1.66. The van der Waals surface area contributed by atoms with Gasteiger partial charge < -0.3 is 0 Å². The molecule has 0 amide bonds. The van der Waals surface area contributed by atoms with Crippen LogP contribution in [-0.2, 0) is 0 Å². The summed E-state index contributed by atoms with van der Waals surface area (Å²) >= 11 is 7.59. The number of nitrogens with zero attached hydrogens (tertiary/aromatic N) is 1. The molecule has 0 saturated heterocycles. The van der Waals surface area contributed by atoms with Gasteiger partial charge in [0.1, 0.15) is 4.60 Å². The monoisotopic (exact) mass is 239 g/mol. The van der Waals surface area contributed by atoms with Crippen molar-refractivity contribution in [1.82, 2.24) is 4.98 Å². The molecule has 0 aliphatic heterocycles. The molecule has 0 atom stereocenters. The number of rotatable bonds is 0. The lowest BCUT2D eigenvalue weighted by Crippen LogP contribution is -1.80. The molecule has 0 fully saturated rings. The highest BCUT2D eigenvalue weighted by Gasteiger charge is 1.98. The zero-order valence-corrected chi connectivity index (χ0v) is 8.64. The van der Waals surface area contributed by atoms with Gasteiger partial charge in [0.15, 0.2) is 0 Å². The minimum Gasteiger partial charge on any atom is -0.240 e. The lowest BCUT2D eigenvalue weighted by Gasteiger charge is -1.99. The maximum atomic E-state index is 4.32. The zero-order chi connectivity index (χ0) is 8.55. The Morgan fingerprint density at radius 3 is 2.83 bits per heavy atom. The molecule has 3 heteroatoms. The van der Waals surface area contributed by atoms with Crippen molar-refractivity contribution in [2.24, 2.45) is 0 Å². The molecule has 2 rings (SSSR count). The second kappa shape index (κ2) is 3.07. The molecule has 0 radical (unpaired) electrons. The number of aromatic nitrogens is 1. The van der Waals surface area contributed by atoms with Crippen LogP contribution in [0, 0.1) is 0 Å². The first kappa shape index (κ1) is 8.08. The number of halogens is 1. The molecule has 0 spiro atoms. The van der Waals surface area contributed by atoms with Crippen molar-refractivity contribution < 1.29 is 0 Å². The van der Waals surface area contributed by atoms with Crippen LogP contribution in [0.3, 0.4) is 0 Å². The van der Waals surface area contributed by atoms with Crippen molar-refractivity contribution in [2.45, 2.75) is 4.90 Å². The van der Waals surface area contributed by atoms with Gasteiger partial charge in [0.05, 0.1) is 5.52 Å². The molecule has 1 nitrogen and oxygen atoms in total. The van der Waals surface area contributed by atoms with Gasteiger partial charge in [0, 0.05) is 10.3 Å². The normalized spacial score (nSPS) is 10.5. The van der Waals surface area contributed by atoms with Crippen LogP contribution in [0.4, 0.5) is 0 Å². The van der Waals surface area contributed by atoms with Crippen molar-refractivity contribution in [3.8, 4) is 0 Å². The molecule has 12 heavy (non-hydrogen) atoms. The smallest absolute Gasteiger partial charge is 0.120 e. The molecule has 1 aromatic carbocycles. The van der Waals surface area contributed by atoms with Crippen LogP contribution in [0.1, 0.15) is 0 Å². The molecular weight excluding hydrogens is 234 g/mol. The first-order valence-electron chi connectivity index (χ1n) is 3.51. The highest BCUT2D eigenvalue weighted by molar-refractivity contribution is 9.10. The molecule has 1 aromatic heterocycles. The summed E-state index contributed by atoms with van der Waals surface area (Å²) in [5.74, 6) is 0. The van der Waals surface area contributed by atoms with E-state index in [9.17, 15) is 0 Å². The van der Waals surface area contributed by atoms with Crippen molar-refractivity contribution in [2.75, 3.05) is 0 Å². The molecule has 0 bridgehead atoms. The lowest BCUT2D eigenvalue weighted by molar-refractivity contribution is 1.25. The molecule has 0 aliphatic rings. The number of fused-ring (bicyclic) bond motifs is 1. The van der Waals surface area contributed by atoms with E-state index in [1.807, 2.05) is 30.3 Å². The van der Waals surface area contributed by atoms with E-state index in [2.05, 4.69) is 33.5 Å². The Labute approximate surface area is 84.4 Å². The Bertz CT molecular complexity index is 387. The fraction of sp³-hybridized carbons (Fsp3) is 0. The summed E-state index contributed by atoms with van der Waals surface area (Å²) in [6, 6.07) is 9.96. The highest BCUT2D eigenvalue weighted by Crippen LogP contribution is 2.22. The molecule has 0 aliphatic carbocycles. The number of hydrogen-bond acceptors (Lipinski definition) is 2. The van der Waals surface area contributed by atoms with Gasteiger partial charge >= 0.3 is 0 Å². The summed E-state index contributed by atoms with van der Waals surface area (Å²) in [6.07, 6.45) is 0. The average molecular weight is 240 g/mol. The van der Waals surface area contributed by atoms with Crippen LogP contribution >= 0.6 is 28.6 Å². The van der Waals surface area contributed by atoms with E-state index in [0.29, 0.717) is 0 Å². The molecule has 2 aromatic rings. The summed E-state index contributed by atoms with van der Waals surface area (Å²) in [5.41, 5.74) is 0.988. The standard InChI is InChI=1S/C9H6BrNS/c10-9-8(12)5-6-3-1-2-4-7(6)11-9/h1-5,12H. The third-order valence-corrected chi connectivity index (χ3v) is 2.91. The van der Waals surface area contributed by atoms with E-state index in [1.54, 1.807) is 0 Å². The first-order chi connectivity index (χ1) is 5.77. The molecule has 1 heterocycles. The predicted molar refractivity (Wildman–Crippen MR) is 56.7 cm³/mol. The third kappa shape index (κ3) is 1.34. The van der Waals surface area contributed by atoms with Crippen molar-refractivity contribution in [3.63, 3.8) is 0 Å². The fourth-order valence-electron chi connectivity index (χ4n) is 1.08. The largest absolute Gasteiger partial charge is 0.240 e. The second-order valence-electron chi connectivity index (χ2n) is 2.49. The maximum Gasteiger partial charge on any atom is 0.120 e. The SMILES string of the molecule is Sc1cc2ccccc2nc1Br. The number of benzene rings is 1. The topological polar surface area (TPSA) is 12.9 Å². The summed E-state index contributed by atoms with van der Waals surface area (Å²) in [4.78, 5) is 5.18. The van der Waals surface area contributed by atoms with Gasteiger partial charge in [-0.05, 0) is 28.1 Å². The van der Waals surface area contributed by atoms with Gasteiger partial charge in [-0.15, -0.1) is 12.6 Å². The summed E-state index contributed by atoms with van der Waals surface area (Å²) in [7, 11) is 0. The van der Waals surface area contributed by atoms with E-state index in [4.69, 9.17) is 0 Å². The maximum absolute atomic E-state index is 4.32. The van der Waals surface area contributed by atoms with Crippen molar-refractivity contribution in [1.29, 1.82) is 0 Å².